The number of carbonyl (C=O) groups is 2. The van der Waals surface area contributed by atoms with Crippen LogP contribution < -0.4 is 0 Å². The van der Waals surface area contributed by atoms with Crippen LogP contribution in [0.5, 0.6) is 0 Å². The summed E-state index contributed by atoms with van der Waals surface area (Å²) in [6, 6.07) is 3.04. The standard InChI is InChI=1S/C8H5NO5/c10-7(11)4-1-2-5(8(12)13)6(3-4)9-14/h1-3H,(H,10,11)(H,12,13). The lowest BCUT2D eigenvalue weighted by molar-refractivity contribution is 0.0682. The van der Waals surface area contributed by atoms with E-state index in [1.165, 1.54) is 0 Å². The normalized spacial score (nSPS) is 9.43. The van der Waals surface area contributed by atoms with Crippen molar-refractivity contribution in [2.24, 2.45) is 5.18 Å². The lowest BCUT2D eigenvalue weighted by Crippen LogP contribution is -2.00. The first-order valence-corrected chi connectivity index (χ1v) is 3.50. The number of hydrogen-bond donors (Lipinski definition) is 2. The van der Waals surface area contributed by atoms with Crippen LogP contribution in [-0.2, 0) is 0 Å². The fraction of sp³-hybridized carbons (Fsp3) is 0. The Hall–Kier alpha value is -2.24. The van der Waals surface area contributed by atoms with Crippen molar-refractivity contribution in [3.63, 3.8) is 0 Å². The minimum atomic E-state index is -1.32. The first-order chi connectivity index (χ1) is 6.56. The third-order valence-electron chi connectivity index (χ3n) is 1.57. The molecule has 0 spiro atoms. The van der Waals surface area contributed by atoms with Crippen molar-refractivity contribution in [3.8, 4) is 0 Å². The number of carboxylic acids is 2. The Balaban J connectivity index is 3.32. The molecule has 0 unspecified atom stereocenters. The molecule has 0 fully saturated rings. The molecule has 72 valence electrons. The van der Waals surface area contributed by atoms with Crippen LogP contribution in [-0.4, -0.2) is 22.2 Å². The van der Waals surface area contributed by atoms with E-state index >= 15 is 0 Å². The number of nitroso groups, excluding NO2 is 1. The average molecular weight is 195 g/mol. The van der Waals surface area contributed by atoms with Gasteiger partial charge >= 0.3 is 11.9 Å². The Morgan fingerprint density at radius 2 is 1.79 bits per heavy atom. The second-order valence-corrected chi connectivity index (χ2v) is 2.43. The van der Waals surface area contributed by atoms with Crippen molar-refractivity contribution in [1.82, 2.24) is 0 Å². The summed E-state index contributed by atoms with van der Waals surface area (Å²) >= 11 is 0. The number of rotatable bonds is 3. The number of carboxylic acid groups (broad SMARTS) is 2. The maximum atomic E-state index is 10.5. The summed E-state index contributed by atoms with van der Waals surface area (Å²) in [5, 5.41) is 19.6. The Morgan fingerprint density at radius 1 is 1.14 bits per heavy atom. The SMILES string of the molecule is O=Nc1cc(C(=O)O)ccc1C(=O)O. The molecule has 1 aromatic rings. The molecule has 6 nitrogen and oxygen atoms in total. The summed E-state index contributed by atoms with van der Waals surface area (Å²) in [4.78, 5) is 31.2. The highest BCUT2D eigenvalue weighted by Crippen LogP contribution is 2.20. The van der Waals surface area contributed by atoms with E-state index in [0.717, 1.165) is 18.2 Å². The molecule has 0 radical (unpaired) electrons. The van der Waals surface area contributed by atoms with E-state index < -0.39 is 17.6 Å². The molecular weight excluding hydrogens is 190 g/mol. The molecule has 0 aliphatic carbocycles. The molecule has 2 N–H and O–H groups in total. The predicted octanol–water partition coefficient (Wildman–Crippen LogP) is 1.48. The van der Waals surface area contributed by atoms with Crippen LogP contribution in [0.1, 0.15) is 20.7 Å². The van der Waals surface area contributed by atoms with Gasteiger partial charge in [-0.1, -0.05) is 0 Å². The topological polar surface area (TPSA) is 104 Å². The van der Waals surface area contributed by atoms with Crippen LogP contribution >= 0.6 is 0 Å². The number of aromatic carboxylic acids is 2. The third-order valence-corrected chi connectivity index (χ3v) is 1.57. The summed E-state index contributed by atoms with van der Waals surface area (Å²) in [6.07, 6.45) is 0. The minimum absolute atomic E-state index is 0.176. The highest BCUT2D eigenvalue weighted by molar-refractivity contribution is 5.96. The van der Waals surface area contributed by atoms with Crippen molar-refractivity contribution in [3.05, 3.63) is 34.2 Å². The van der Waals surface area contributed by atoms with Crippen molar-refractivity contribution < 1.29 is 19.8 Å². The largest absolute Gasteiger partial charge is 0.478 e. The highest BCUT2D eigenvalue weighted by Gasteiger charge is 2.13. The van der Waals surface area contributed by atoms with E-state index in [0.29, 0.717) is 0 Å². The number of nitrogens with zero attached hydrogens (tertiary/aromatic N) is 1. The van der Waals surface area contributed by atoms with Gasteiger partial charge in [0, 0.05) is 0 Å². The van der Waals surface area contributed by atoms with Gasteiger partial charge in [0.1, 0.15) is 5.69 Å². The van der Waals surface area contributed by atoms with Crippen LogP contribution in [0, 0.1) is 4.91 Å². The molecular formula is C8H5NO5. The van der Waals surface area contributed by atoms with Crippen molar-refractivity contribution in [2.45, 2.75) is 0 Å². The number of benzene rings is 1. The van der Waals surface area contributed by atoms with Gasteiger partial charge in [-0.2, -0.15) is 0 Å². The lowest BCUT2D eigenvalue weighted by atomic mass is 10.1. The van der Waals surface area contributed by atoms with Gasteiger partial charge in [-0.05, 0) is 23.4 Å². The Labute approximate surface area is 77.8 Å². The van der Waals surface area contributed by atoms with Gasteiger partial charge < -0.3 is 10.2 Å². The van der Waals surface area contributed by atoms with Crippen LogP contribution in [0.4, 0.5) is 5.69 Å². The Kier molecular flexibility index (Phi) is 2.57. The van der Waals surface area contributed by atoms with Gasteiger partial charge in [0.25, 0.3) is 0 Å². The van der Waals surface area contributed by atoms with E-state index in [1.54, 1.807) is 0 Å². The summed E-state index contributed by atoms with van der Waals surface area (Å²) in [7, 11) is 0. The third kappa shape index (κ3) is 1.74. The summed E-state index contributed by atoms with van der Waals surface area (Å²) in [6.45, 7) is 0. The zero-order chi connectivity index (χ0) is 10.7. The van der Waals surface area contributed by atoms with Crippen LogP contribution in [0.3, 0.4) is 0 Å². The fourth-order valence-electron chi connectivity index (χ4n) is 0.921. The first kappa shape index (κ1) is 9.85. The summed E-state index contributed by atoms with van der Waals surface area (Å²) in [5.74, 6) is -2.57. The quantitative estimate of drug-likeness (QED) is 0.710. The molecule has 0 bridgehead atoms. The average Bonchev–Trinajstić information content (AvgIpc) is 2.16. The van der Waals surface area contributed by atoms with Crippen molar-refractivity contribution in [1.29, 1.82) is 0 Å². The van der Waals surface area contributed by atoms with Gasteiger partial charge in [0.2, 0.25) is 0 Å². The molecule has 0 atom stereocenters. The van der Waals surface area contributed by atoms with E-state index in [1.807, 2.05) is 0 Å². The van der Waals surface area contributed by atoms with E-state index in [4.69, 9.17) is 10.2 Å². The summed E-state index contributed by atoms with van der Waals surface area (Å²) < 4.78 is 0. The van der Waals surface area contributed by atoms with Crippen LogP contribution in [0.25, 0.3) is 0 Å². The number of hydrogen-bond acceptors (Lipinski definition) is 4. The molecule has 0 heterocycles. The molecule has 0 aliphatic rings. The first-order valence-electron chi connectivity index (χ1n) is 3.50. The van der Waals surface area contributed by atoms with Gasteiger partial charge in [0.05, 0.1) is 11.1 Å². The van der Waals surface area contributed by atoms with Gasteiger partial charge in [0.15, 0.2) is 0 Å². The van der Waals surface area contributed by atoms with Crippen molar-refractivity contribution >= 4 is 17.6 Å². The summed E-state index contributed by atoms with van der Waals surface area (Å²) in [5.41, 5.74) is -0.882. The van der Waals surface area contributed by atoms with E-state index in [-0.39, 0.29) is 11.1 Å². The molecule has 0 aliphatic heterocycles. The minimum Gasteiger partial charge on any atom is -0.478 e. The zero-order valence-corrected chi connectivity index (χ0v) is 6.80. The predicted molar refractivity (Wildman–Crippen MR) is 45.8 cm³/mol. The molecule has 0 saturated heterocycles. The molecule has 6 heteroatoms. The second-order valence-electron chi connectivity index (χ2n) is 2.43. The Morgan fingerprint density at radius 3 is 2.21 bits per heavy atom. The monoisotopic (exact) mass is 195 g/mol. The second kappa shape index (κ2) is 3.65. The van der Waals surface area contributed by atoms with Crippen LogP contribution in [0.2, 0.25) is 0 Å². The highest BCUT2D eigenvalue weighted by atomic mass is 16.4. The van der Waals surface area contributed by atoms with E-state index in [2.05, 4.69) is 5.18 Å². The molecule has 14 heavy (non-hydrogen) atoms. The molecule has 0 amide bonds. The van der Waals surface area contributed by atoms with Crippen molar-refractivity contribution in [2.75, 3.05) is 0 Å². The van der Waals surface area contributed by atoms with E-state index in [9.17, 15) is 14.5 Å². The molecule has 1 rings (SSSR count). The van der Waals surface area contributed by atoms with Gasteiger partial charge in [-0.3, -0.25) is 0 Å². The van der Waals surface area contributed by atoms with Gasteiger partial charge in [-0.25, -0.2) is 9.59 Å². The fourth-order valence-corrected chi connectivity index (χ4v) is 0.921. The Bertz CT molecular complexity index is 412. The maximum absolute atomic E-state index is 10.5. The zero-order valence-electron chi connectivity index (χ0n) is 6.80. The van der Waals surface area contributed by atoms with Crippen LogP contribution in [0.15, 0.2) is 23.4 Å². The molecule has 1 aromatic carbocycles. The molecule has 0 saturated carbocycles. The maximum Gasteiger partial charge on any atom is 0.338 e. The molecule has 0 aromatic heterocycles. The van der Waals surface area contributed by atoms with Gasteiger partial charge in [-0.15, -0.1) is 4.91 Å². The lowest BCUT2D eigenvalue weighted by Gasteiger charge is -1.98. The smallest absolute Gasteiger partial charge is 0.338 e.